The molecule has 0 spiro atoms. The summed E-state index contributed by atoms with van der Waals surface area (Å²) in [6.07, 6.45) is 5.09. The summed E-state index contributed by atoms with van der Waals surface area (Å²) in [6.45, 7) is 0.461. The largest absolute Gasteiger partial charge is 0.351 e. The van der Waals surface area contributed by atoms with Crippen LogP contribution in [0.3, 0.4) is 0 Å². The van der Waals surface area contributed by atoms with Gasteiger partial charge in [-0.05, 0) is 18.2 Å². The smallest absolute Gasteiger partial charge is 0.261 e. The van der Waals surface area contributed by atoms with Crippen LogP contribution >= 0.6 is 22.4 Å². The predicted molar refractivity (Wildman–Crippen MR) is 78.0 cm³/mol. The Hall–Kier alpha value is -1.16. The highest BCUT2D eigenvalue weighted by Crippen LogP contribution is 2.16. The molecule has 102 valence electrons. The van der Waals surface area contributed by atoms with Crippen LogP contribution in [0.1, 0.15) is 10.4 Å². The van der Waals surface area contributed by atoms with Crippen molar-refractivity contribution in [3.05, 3.63) is 29.8 Å². The number of carbonyl (C=O) groups excluding carboxylic acids is 1. The summed E-state index contributed by atoms with van der Waals surface area (Å²) < 4.78 is 22.3. The maximum absolute atomic E-state index is 11.8. The van der Waals surface area contributed by atoms with Gasteiger partial charge < -0.3 is 5.32 Å². The summed E-state index contributed by atoms with van der Waals surface area (Å²) >= 11 is 1.53. The van der Waals surface area contributed by atoms with Gasteiger partial charge in [0, 0.05) is 28.5 Å². The van der Waals surface area contributed by atoms with Crippen molar-refractivity contribution in [2.45, 2.75) is 4.90 Å². The lowest BCUT2D eigenvalue weighted by molar-refractivity contribution is 0.0956. The minimum absolute atomic E-state index is 0.0940. The van der Waals surface area contributed by atoms with Crippen LogP contribution in [0, 0.1) is 12.3 Å². The van der Waals surface area contributed by atoms with E-state index >= 15 is 0 Å². The van der Waals surface area contributed by atoms with E-state index < -0.39 is 9.05 Å². The fourth-order valence-corrected chi connectivity index (χ4v) is 2.56. The fourth-order valence-electron chi connectivity index (χ4n) is 1.26. The van der Waals surface area contributed by atoms with Crippen LogP contribution in [-0.4, -0.2) is 32.4 Å². The zero-order chi connectivity index (χ0) is 14.3. The molecule has 4 nitrogen and oxygen atoms in total. The van der Waals surface area contributed by atoms with Gasteiger partial charge in [-0.1, -0.05) is 12.0 Å². The standard InChI is InChI=1S/C12H12ClNO3S2/c1-2-7-18-8-6-14-12(15)10-4-3-5-11(9-10)19(13,16)17/h1,3-5,9H,6-8H2,(H,14,15). The molecule has 1 aromatic rings. The van der Waals surface area contributed by atoms with Crippen LogP contribution in [0.5, 0.6) is 0 Å². The summed E-state index contributed by atoms with van der Waals surface area (Å²) in [7, 11) is 1.39. The topological polar surface area (TPSA) is 63.2 Å². The van der Waals surface area contributed by atoms with Gasteiger partial charge in [0.2, 0.25) is 0 Å². The van der Waals surface area contributed by atoms with Gasteiger partial charge in [-0.15, -0.1) is 18.2 Å². The predicted octanol–water partition coefficient (Wildman–Crippen LogP) is 1.71. The molecule has 0 aliphatic heterocycles. The molecule has 0 heterocycles. The number of nitrogens with one attached hydrogen (secondary N) is 1. The molecule has 0 aliphatic rings. The Morgan fingerprint density at radius 1 is 1.47 bits per heavy atom. The SMILES string of the molecule is C#CCSCCNC(=O)c1cccc(S(=O)(=O)Cl)c1. The Morgan fingerprint density at radius 2 is 2.21 bits per heavy atom. The first kappa shape index (κ1) is 15.9. The van der Waals surface area contributed by atoms with Crippen molar-refractivity contribution in [1.82, 2.24) is 5.32 Å². The van der Waals surface area contributed by atoms with Crippen LogP contribution in [-0.2, 0) is 9.05 Å². The number of terminal acetylenes is 1. The van der Waals surface area contributed by atoms with Crippen molar-refractivity contribution < 1.29 is 13.2 Å². The van der Waals surface area contributed by atoms with E-state index in [1.165, 1.54) is 36.0 Å². The average Bonchev–Trinajstić information content (AvgIpc) is 2.37. The van der Waals surface area contributed by atoms with E-state index in [1.807, 2.05) is 0 Å². The van der Waals surface area contributed by atoms with Crippen LogP contribution < -0.4 is 5.32 Å². The number of hydrogen-bond donors (Lipinski definition) is 1. The Balaban J connectivity index is 2.61. The summed E-state index contributed by atoms with van der Waals surface area (Å²) in [4.78, 5) is 11.7. The molecule has 0 radical (unpaired) electrons. The maximum atomic E-state index is 11.8. The summed E-state index contributed by atoms with van der Waals surface area (Å²) in [5.41, 5.74) is 0.253. The molecule has 1 N–H and O–H groups in total. The van der Waals surface area contributed by atoms with Gasteiger partial charge in [0.25, 0.3) is 15.0 Å². The molecule has 0 bridgehead atoms. The minimum atomic E-state index is -3.83. The van der Waals surface area contributed by atoms with E-state index in [0.29, 0.717) is 18.1 Å². The van der Waals surface area contributed by atoms with Crippen LogP contribution in [0.25, 0.3) is 0 Å². The minimum Gasteiger partial charge on any atom is -0.351 e. The highest BCUT2D eigenvalue weighted by atomic mass is 35.7. The zero-order valence-corrected chi connectivity index (χ0v) is 12.3. The van der Waals surface area contributed by atoms with Crippen molar-refractivity contribution in [3.8, 4) is 12.3 Å². The van der Waals surface area contributed by atoms with E-state index in [2.05, 4.69) is 11.2 Å². The Labute approximate surface area is 121 Å². The first-order valence-corrected chi connectivity index (χ1v) is 8.75. The lowest BCUT2D eigenvalue weighted by atomic mass is 10.2. The molecule has 19 heavy (non-hydrogen) atoms. The quantitative estimate of drug-likeness (QED) is 0.493. The first-order chi connectivity index (χ1) is 8.95. The molecule has 1 rings (SSSR count). The van der Waals surface area contributed by atoms with E-state index in [-0.39, 0.29) is 16.4 Å². The molecule has 7 heteroatoms. The number of halogens is 1. The van der Waals surface area contributed by atoms with Crippen molar-refractivity contribution >= 4 is 37.4 Å². The van der Waals surface area contributed by atoms with Gasteiger partial charge in [-0.25, -0.2) is 8.42 Å². The third-order valence-corrected chi connectivity index (χ3v) is 4.31. The van der Waals surface area contributed by atoms with Crippen molar-refractivity contribution in [1.29, 1.82) is 0 Å². The summed E-state index contributed by atoms with van der Waals surface area (Å²) in [6, 6.07) is 5.57. The molecule has 0 saturated carbocycles. The van der Waals surface area contributed by atoms with Crippen LogP contribution in [0.2, 0.25) is 0 Å². The maximum Gasteiger partial charge on any atom is 0.261 e. The van der Waals surface area contributed by atoms with Gasteiger partial charge in [0.15, 0.2) is 0 Å². The molecule has 0 aliphatic carbocycles. The fraction of sp³-hybridized carbons (Fsp3) is 0.250. The average molecular weight is 318 g/mol. The monoisotopic (exact) mass is 317 g/mol. The lowest BCUT2D eigenvalue weighted by Crippen LogP contribution is -2.25. The molecule has 0 saturated heterocycles. The summed E-state index contributed by atoms with van der Waals surface area (Å²) in [5.74, 6) is 3.43. The van der Waals surface area contributed by atoms with Crippen molar-refractivity contribution in [3.63, 3.8) is 0 Å². The van der Waals surface area contributed by atoms with E-state index in [9.17, 15) is 13.2 Å². The summed E-state index contributed by atoms with van der Waals surface area (Å²) in [5, 5.41) is 2.67. The van der Waals surface area contributed by atoms with Crippen LogP contribution in [0.15, 0.2) is 29.2 Å². The van der Waals surface area contributed by atoms with E-state index in [0.717, 1.165) is 0 Å². The second-order valence-electron chi connectivity index (χ2n) is 3.48. The van der Waals surface area contributed by atoms with Crippen LogP contribution in [0.4, 0.5) is 0 Å². The lowest BCUT2D eigenvalue weighted by Gasteiger charge is -2.05. The molecule has 0 fully saturated rings. The van der Waals surface area contributed by atoms with Crippen molar-refractivity contribution in [2.24, 2.45) is 0 Å². The molecule has 1 aromatic carbocycles. The number of rotatable bonds is 6. The zero-order valence-electron chi connectivity index (χ0n) is 9.93. The normalized spacial score (nSPS) is 10.7. The Kier molecular flexibility index (Phi) is 6.22. The number of benzene rings is 1. The Bertz CT molecular complexity index is 593. The van der Waals surface area contributed by atoms with E-state index in [4.69, 9.17) is 17.1 Å². The Morgan fingerprint density at radius 3 is 2.84 bits per heavy atom. The molecular formula is C12H12ClNO3S2. The number of thioether (sulfide) groups is 1. The molecule has 1 amide bonds. The van der Waals surface area contributed by atoms with Gasteiger partial charge in [-0.3, -0.25) is 4.79 Å². The number of hydrogen-bond acceptors (Lipinski definition) is 4. The van der Waals surface area contributed by atoms with Gasteiger partial charge in [0.05, 0.1) is 10.6 Å². The third-order valence-electron chi connectivity index (χ3n) is 2.10. The molecule has 0 aromatic heterocycles. The second-order valence-corrected chi connectivity index (χ2v) is 7.15. The third kappa shape index (κ3) is 5.55. The molecule has 0 unspecified atom stereocenters. The van der Waals surface area contributed by atoms with E-state index in [1.54, 1.807) is 0 Å². The van der Waals surface area contributed by atoms with Gasteiger partial charge >= 0.3 is 0 Å². The number of carbonyl (C=O) groups is 1. The van der Waals surface area contributed by atoms with Crippen molar-refractivity contribution in [2.75, 3.05) is 18.1 Å². The first-order valence-electron chi connectivity index (χ1n) is 5.29. The highest BCUT2D eigenvalue weighted by molar-refractivity contribution is 8.13. The highest BCUT2D eigenvalue weighted by Gasteiger charge is 2.12. The molecule has 0 atom stereocenters. The second kappa shape index (κ2) is 7.43. The van der Waals surface area contributed by atoms with Gasteiger partial charge in [-0.2, -0.15) is 0 Å². The van der Waals surface area contributed by atoms with Gasteiger partial charge in [0.1, 0.15) is 0 Å². The molecular weight excluding hydrogens is 306 g/mol. The number of amides is 1.